The fourth-order valence-electron chi connectivity index (χ4n) is 2.29. The van der Waals surface area contributed by atoms with Crippen LogP contribution in [0.15, 0.2) is 53.1 Å². The number of aromatic nitrogens is 2. The van der Waals surface area contributed by atoms with E-state index in [2.05, 4.69) is 10.4 Å². The Morgan fingerprint density at radius 2 is 2.17 bits per heavy atom. The highest BCUT2D eigenvalue weighted by Crippen LogP contribution is 2.22. The lowest BCUT2D eigenvalue weighted by Gasteiger charge is -2.05. The minimum atomic E-state index is -0.279. The van der Waals surface area contributed by atoms with E-state index >= 15 is 0 Å². The molecular weight excluding hydrogens is 294 g/mol. The SMILES string of the molecule is CCn1nc(C(=O)Nc2cccc(OC)c2)cc1-c1ccco1. The molecule has 1 amide bonds. The quantitative estimate of drug-likeness (QED) is 0.784. The van der Waals surface area contributed by atoms with Crippen LogP contribution in [0, 0.1) is 0 Å². The van der Waals surface area contributed by atoms with Crippen LogP contribution >= 0.6 is 0 Å². The van der Waals surface area contributed by atoms with Gasteiger partial charge >= 0.3 is 0 Å². The number of nitrogens with zero attached hydrogens (tertiary/aromatic N) is 2. The summed E-state index contributed by atoms with van der Waals surface area (Å²) in [5.74, 6) is 1.08. The van der Waals surface area contributed by atoms with Gasteiger partial charge < -0.3 is 14.5 Å². The molecule has 0 spiro atoms. The number of methoxy groups -OCH3 is 1. The summed E-state index contributed by atoms with van der Waals surface area (Å²) in [6, 6.07) is 12.5. The van der Waals surface area contributed by atoms with Crippen molar-refractivity contribution in [2.45, 2.75) is 13.5 Å². The number of nitrogens with one attached hydrogen (secondary N) is 1. The third kappa shape index (κ3) is 3.11. The molecule has 0 bridgehead atoms. The summed E-state index contributed by atoms with van der Waals surface area (Å²) in [6.45, 7) is 2.60. The highest BCUT2D eigenvalue weighted by atomic mass is 16.5. The van der Waals surface area contributed by atoms with Gasteiger partial charge in [0.2, 0.25) is 0 Å². The summed E-state index contributed by atoms with van der Waals surface area (Å²) in [4.78, 5) is 12.4. The smallest absolute Gasteiger partial charge is 0.276 e. The van der Waals surface area contributed by atoms with Crippen LogP contribution in [0.1, 0.15) is 17.4 Å². The van der Waals surface area contributed by atoms with Crippen LogP contribution in [0.2, 0.25) is 0 Å². The maximum atomic E-state index is 12.4. The number of carbonyl (C=O) groups is 1. The second-order valence-electron chi connectivity index (χ2n) is 4.89. The second-order valence-corrected chi connectivity index (χ2v) is 4.89. The molecule has 0 aliphatic heterocycles. The van der Waals surface area contributed by atoms with Crippen molar-refractivity contribution in [3.63, 3.8) is 0 Å². The average Bonchev–Trinajstić information content (AvgIpc) is 3.23. The van der Waals surface area contributed by atoms with Gasteiger partial charge in [0, 0.05) is 24.4 Å². The van der Waals surface area contributed by atoms with Crippen molar-refractivity contribution in [1.29, 1.82) is 0 Å². The maximum Gasteiger partial charge on any atom is 0.276 e. The largest absolute Gasteiger partial charge is 0.497 e. The number of anilines is 1. The number of amides is 1. The van der Waals surface area contributed by atoms with Crippen LogP contribution in [-0.2, 0) is 6.54 Å². The molecule has 2 aromatic heterocycles. The lowest BCUT2D eigenvalue weighted by molar-refractivity contribution is 0.102. The van der Waals surface area contributed by atoms with Gasteiger partial charge in [0.05, 0.1) is 13.4 Å². The van der Waals surface area contributed by atoms with Gasteiger partial charge in [-0.15, -0.1) is 0 Å². The number of rotatable bonds is 5. The first-order valence-corrected chi connectivity index (χ1v) is 7.28. The molecule has 0 saturated carbocycles. The molecule has 0 radical (unpaired) electrons. The van der Waals surface area contributed by atoms with Crippen LogP contribution in [0.25, 0.3) is 11.5 Å². The Bertz CT molecular complexity index is 806. The van der Waals surface area contributed by atoms with E-state index in [0.29, 0.717) is 29.4 Å². The summed E-state index contributed by atoms with van der Waals surface area (Å²) in [6.07, 6.45) is 1.60. The molecule has 0 fully saturated rings. The Kier molecular flexibility index (Phi) is 4.14. The van der Waals surface area contributed by atoms with E-state index in [4.69, 9.17) is 9.15 Å². The summed E-state index contributed by atoms with van der Waals surface area (Å²) in [7, 11) is 1.58. The second kappa shape index (κ2) is 6.39. The number of ether oxygens (including phenoxy) is 1. The molecule has 0 aliphatic carbocycles. The zero-order valence-electron chi connectivity index (χ0n) is 12.9. The Morgan fingerprint density at radius 1 is 1.30 bits per heavy atom. The Labute approximate surface area is 133 Å². The standard InChI is InChI=1S/C17H17N3O3/c1-3-20-15(16-8-5-9-23-16)11-14(19-20)17(21)18-12-6-4-7-13(10-12)22-2/h4-11H,3H2,1-2H3,(H,18,21). The van der Waals surface area contributed by atoms with Crippen molar-refractivity contribution in [3.8, 4) is 17.2 Å². The van der Waals surface area contributed by atoms with E-state index in [1.807, 2.05) is 25.1 Å². The van der Waals surface area contributed by atoms with Gasteiger partial charge in [-0.3, -0.25) is 9.48 Å². The first-order chi connectivity index (χ1) is 11.2. The minimum absolute atomic E-state index is 0.279. The number of hydrogen-bond acceptors (Lipinski definition) is 4. The fraction of sp³-hybridized carbons (Fsp3) is 0.176. The van der Waals surface area contributed by atoms with E-state index in [9.17, 15) is 4.79 Å². The summed E-state index contributed by atoms with van der Waals surface area (Å²) >= 11 is 0. The van der Waals surface area contributed by atoms with E-state index in [1.54, 1.807) is 42.3 Å². The first-order valence-electron chi connectivity index (χ1n) is 7.28. The third-order valence-corrected chi connectivity index (χ3v) is 3.41. The van der Waals surface area contributed by atoms with Crippen molar-refractivity contribution in [2.24, 2.45) is 0 Å². The van der Waals surface area contributed by atoms with E-state index < -0.39 is 0 Å². The van der Waals surface area contributed by atoms with Crippen LogP contribution in [0.4, 0.5) is 5.69 Å². The third-order valence-electron chi connectivity index (χ3n) is 3.41. The molecule has 1 N–H and O–H groups in total. The summed E-state index contributed by atoms with van der Waals surface area (Å²) in [5.41, 5.74) is 1.76. The van der Waals surface area contributed by atoms with Crippen LogP contribution in [0.3, 0.4) is 0 Å². The number of benzene rings is 1. The van der Waals surface area contributed by atoms with E-state index in [-0.39, 0.29) is 5.91 Å². The molecule has 0 atom stereocenters. The monoisotopic (exact) mass is 311 g/mol. The van der Waals surface area contributed by atoms with Gasteiger partial charge in [0.1, 0.15) is 11.4 Å². The molecule has 23 heavy (non-hydrogen) atoms. The fourth-order valence-corrected chi connectivity index (χ4v) is 2.29. The normalized spacial score (nSPS) is 10.5. The van der Waals surface area contributed by atoms with Crippen molar-refractivity contribution in [3.05, 3.63) is 54.4 Å². The van der Waals surface area contributed by atoms with Crippen molar-refractivity contribution in [2.75, 3.05) is 12.4 Å². The van der Waals surface area contributed by atoms with Crippen LogP contribution < -0.4 is 10.1 Å². The highest BCUT2D eigenvalue weighted by molar-refractivity contribution is 6.03. The predicted molar refractivity (Wildman–Crippen MR) is 86.6 cm³/mol. The number of furan rings is 1. The molecule has 0 saturated heterocycles. The lowest BCUT2D eigenvalue weighted by Crippen LogP contribution is -2.13. The van der Waals surface area contributed by atoms with E-state index in [0.717, 1.165) is 5.69 Å². The van der Waals surface area contributed by atoms with Crippen molar-refractivity contribution < 1.29 is 13.9 Å². The molecule has 1 aromatic carbocycles. The van der Waals surface area contributed by atoms with Gasteiger partial charge in [-0.2, -0.15) is 5.10 Å². The maximum absolute atomic E-state index is 12.4. The molecule has 0 aliphatic rings. The molecule has 6 nitrogen and oxygen atoms in total. The molecule has 0 unspecified atom stereocenters. The number of hydrogen-bond donors (Lipinski definition) is 1. The zero-order chi connectivity index (χ0) is 16.2. The van der Waals surface area contributed by atoms with Crippen LogP contribution in [0.5, 0.6) is 5.75 Å². The van der Waals surface area contributed by atoms with E-state index in [1.165, 1.54) is 0 Å². The number of aryl methyl sites for hydroxylation is 1. The molecule has 6 heteroatoms. The van der Waals surface area contributed by atoms with Gasteiger partial charge in [-0.05, 0) is 31.2 Å². The zero-order valence-corrected chi connectivity index (χ0v) is 12.9. The van der Waals surface area contributed by atoms with Gasteiger partial charge in [-0.1, -0.05) is 6.07 Å². The van der Waals surface area contributed by atoms with Gasteiger partial charge in [-0.25, -0.2) is 0 Å². The predicted octanol–water partition coefficient (Wildman–Crippen LogP) is 3.42. The first kappa shape index (κ1) is 14.9. The molecule has 2 heterocycles. The average molecular weight is 311 g/mol. The Hall–Kier alpha value is -3.02. The van der Waals surface area contributed by atoms with Crippen LogP contribution in [-0.4, -0.2) is 22.8 Å². The summed E-state index contributed by atoms with van der Waals surface area (Å²) in [5, 5.41) is 7.15. The lowest BCUT2D eigenvalue weighted by atomic mass is 10.2. The topological polar surface area (TPSA) is 69.3 Å². The van der Waals surface area contributed by atoms with Gasteiger partial charge in [0.25, 0.3) is 5.91 Å². The Morgan fingerprint density at radius 3 is 2.87 bits per heavy atom. The highest BCUT2D eigenvalue weighted by Gasteiger charge is 2.16. The van der Waals surface area contributed by atoms with Crippen molar-refractivity contribution >= 4 is 11.6 Å². The molecule has 3 rings (SSSR count). The molecular formula is C17H17N3O3. The number of carbonyl (C=O) groups excluding carboxylic acids is 1. The van der Waals surface area contributed by atoms with Crippen molar-refractivity contribution in [1.82, 2.24) is 9.78 Å². The molecule has 118 valence electrons. The van der Waals surface area contributed by atoms with Gasteiger partial charge in [0.15, 0.2) is 11.5 Å². The summed E-state index contributed by atoms with van der Waals surface area (Å²) < 4.78 is 12.3. The Balaban J connectivity index is 1.85. The minimum Gasteiger partial charge on any atom is -0.497 e. The molecule has 3 aromatic rings.